The van der Waals surface area contributed by atoms with E-state index in [1.807, 2.05) is 26.0 Å². The number of unbranched alkanes of at least 4 members (excludes halogenated alkanes) is 5. The minimum Gasteiger partial charge on any atom is -0.466 e. The van der Waals surface area contributed by atoms with Crippen molar-refractivity contribution in [2.75, 3.05) is 6.61 Å². The van der Waals surface area contributed by atoms with E-state index >= 15 is 0 Å². The first kappa shape index (κ1) is 21.2. The van der Waals surface area contributed by atoms with Crippen LogP contribution < -0.4 is 4.74 Å². The van der Waals surface area contributed by atoms with Crippen molar-refractivity contribution >= 4 is 11.9 Å². The summed E-state index contributed by atoms with van der Waals surface area (Å²) in [6.07, 6.45) is 7.94. The van der Waals surface area contributed by atoms with Gasteiger partial charge in [-0.3, -0.25) is 9.59 Å². The van der Waals surface area contributed by atoms with E-state index in [2.05, 4.69) is 6.92 Å². The molecule has 0 unspecified atom stereocenters. The van der Waals surface area contributed by atoms with Crippen molar-refractivity contribution in [2.45, 2.75) is 78.6 Å². The number of rotatable bonds is 12. The van der Waals surface area contributed by atoms with Crippen molar-refractivity contribution in [2.24, 2.45) is 0 Å². The Labute approximate surface area is 151 Å². The van der Waals surface area contributed by atoms with Crippen molar-refractivity contribution in [1.82, 2.24) is 0 Å². The maximum atomic E-state index is 11.9. The number of hydrogen-bond donors (Lipinski definition) is 0. The van der Waals surface area contributed by atoms with E-state index in [0.717, 1.165) is 24.0 Å². The van der Waals surface area contributed by atoms with Gasteiger partial charge in [0.2, 0.25) is 0 Å². The Balaban J connectivity index is 2.10. The maximum Gasteiger partial charge on any atom is 0.311 e. The Kier molecular flexibility index (Phi) is 10.6. The summed E-state index contributed by atoms with van der Waals surface area (Å²) in [5.41, 5.74) is 2.05. The van der Waals surface area contributed by atoms with Gasteiger partial charge in [0.25, 0.3) is 0 Å². The lowest BCUT2D eigenvalue weighted by atomic mass is 10.1. The summed E-state index contributed by atoms with van der Waals surface area (Å²) in [5, 5.41) is 0. The molecule has 1 aromatic carbocycles. The summed E-state index contributed by atoms with van der Waals surface area (Å²) in [7, 11) is 0. The molecule has 0 atom stereocenters. The third kappa shape index (κ3) is 9.28. The number of carbonyl (C=O) groups is 2. The van der Waals surface area contributed by atoms with Gasteiger partial charge in [0.15, 0.2) is 0 Å². The van der Waals surface area contributed by atoms with Crippen LogP contribution in [0.4, 0.5) is 0 Å². The van der Waals surface area contributed by atoms with Crippen LogP contribution >= 0.6 is 0 Å². The molecule has 0 bridgehead atoms. The highest BCUT2D eigenvalue weighted by atomic mass is 16.5. The Hall–Kier alpha value is -1.84. The highest BCUT2D eigenvalue weighted by molar-refractivity contribution is 5.74. The van der Waals surface area contributed by atoms with Gasteiger partial charge in [-0.25, -0.2) is 0 Å². The molecule has 1 rings (SSSR count). The van der Waals surface area contributed by atoms with Crippen molar-refractivity contribution in [3.05, 3.63) is 29.3 Å². The topological polar surface area (TPSA) is 52.6 Å². The van der Waals surface area contributed by atoms with Crippen LogP contribution in [-0.4, -0.2) is 18.5 Å². The highest BCUT2D eigenvalue weighted by Gasteiger charge is 2.10. The molecule has 1 aromatic rings. The summed E-state index contributed by atoms with van der Waals surface area (Å²) < 4.78 is 10.6. The fourth-order valence-electron chi connectivity index (χ4n) is 2.53. The quantitative estimate of drug-likeness (QED) is 0.293. The molecule has 0 amide bonds. The Morgan fingerprint density at radius 3 is 2.32 bits per heavy atom. The van der Waals surface area contributed by atoms with Gasteiger partial charge in [-0.2, -0.15) is 0 Å². The van der Waals surface area contributed by atoms with Gasteiger partial charge in [-0.05, 0) is 43.9 Å². The normalized spacial score (nSPS) is 10.5. The van der Waals surface area contributed by atoms with E-state index in [0.29, 0.717) is 18.8 Å². The summed E-state index contributed by atoms with van der Waals surface area (Å²) in [6.45, 7) is 6.58. The molecular formula is C21H32O4. The van der Waals surface area contributed by atoms with Gasteiger partial charge in [0, 0.05) is 12.8 Å². The summed E-state index contributed by atoms with van der Waals surface area (Å²) in [6, 6.07) is 5.63. The van der Waals surface area contributed by atoms with Crippen LogP contribution in [0.3, 0.4) is 0 Å². The molecule has 0 heterocycles. The minimum absolute atomic E-state index is 0.222. The number of ether oxygens (including phenoxy) is 2. The average molecular weight is 348 g/mol. The molecule has 0 aliphatic heterocycles. The molecule has 25 heavy (non-hydrogen) atoms. The fraction of sp³-hybridized carbons (Fsp3) is 0.619. The zero-order valence-electron chi connectivity index (χ0n) is 15.9. The Morgan fingerprint density at radius 1 is 0.880 bits per heavy atom. The van der Waals surface area contributed by atoms with Gasteiger partial charge in [-0.1, -0.05) is 51.2 Å². The Morgan fingerprint density at radius 2 is 1.56 bits per heavy atom. The zero-order chi connectivity index (χ0) is 18.5. The molecule has 0 aliphatic rings. The largest absolute Gasteiger partial charge is 0.466 e. The van der Waals surface area contributed by atoms with Crippen LogP contribution in [-0.2, 0) is 14.3 Å². The van der Waals surface area contributed by atoms with Gasteiger partial charge in [0.05, 0.1) is 6.61 Å². The van der Waals surface area contributed by atoms with E-state index < -0.39 is 0 Å². The first-order chi connectivity index (χ1) is 12.0. The molecule has 0 N–H and O–H groups in total. The second-order valence-corrected chi connectivity index (χ2v) is 6.51. The molecule has 0 aliphatic carbocycles. The maximum absolute atomic E-state index is 11.9. The lowest BCUT2D eigenvalue weighted by molar-refractivity contribution is -0.144. The molecule has 0 saturated carbocycles. The minimum atomic E-state index is -0.308. The van der Waals surface area contributed by atoms with Crippen molar-refractivity contribution in [3.63, 3.8) is 0 Å². The van der Waals surface area contributed by atoms with E-state index in [-0.39, 0.29) is 24.8 Å². The molecular weight excluding hydrogens is 316 g/mol. The van der Waals surface area contributed by atoms with Crippen molar-refractivity contribution in [3.8, 4) is 5.75 Å². The lowest BCUT2D eigenvalue weighted by Gasteiger charge is -2.09. The summed E-state index contributed by atoms with van der Waals surface area (Å²) in [5.74, 6) is 0.0566. The predicted octanol–water partition coefficient (Wildman–Crippen LogP) is 5.28. The van der Waals surface area contributed by atoms with Gasteiger partial charge >= 0.3 is 11.9 Å². The molecule has 0 radical (unpaired) electrons. The monoisotopic (exact) mass is 348 g/mol. The Bertz CT molecular complexity index is 537. The highest BCUT2D eigenvalue weighted by Crippen LogP contribution is 2.21. The van der Waals surface area contributed by atoms with Crippen LogP contribution in [0.15, 0.2) is 18.2 Å². The first-order valence-electron chi connectivity index (χ1n) is 9.47. The predicted molar refractivity (Wildman–Crippen MR) is 99.7 cm³/mol. The van der Waals surface area contributed by atoms with Crippen molar-refractivity contribution in [1.29, 1.82) is 0 Å². The average Bonchev–Trinajstić information content (AvgIpc) is 2.58. The number of esters is 2. The van der Waals surface area contributed by atoms with E-state index in [1.54, 1.807) is 6.07 Å². The van der Waals surface area contributed by atoms with E-state index in [4.69, 9.17) is 9.47 Å². The number of hydrogen-bond acceptors (Lipinski definition) is 4. The number of carbonyl (C=O) groups excluding carboxylic acids is 2. The summed E-state index contributed by atoms with van der Waals surface area (Å²) >= 11 is 0. The van der Waals surface area contributed by atoms with E-state index in [1.165, 1.54) is 25.7 Å². The molecule has 4 nitrogen and oxygen atoms in total. The van der Waals surface area contributed by atoms with Crippen molar-refractivity contribution < 1.29 is 19.1 Å². The van der Waals surface area contributed by atoms with Crippen LogP contribution in [0.1, 0.15) is 75.8 Å². The standard InChI is InChI=1S/C21H32O4/c1-4-5-6-7-8-9-16-24-20(22)14-11-15-21(23)25-19-13-10-12-17(2)18(19)3/h10,12-13H,4-9,11,14-16H2,1-3H3. The first-order valence-corrected chi connectivity index (χ1v) is 9.47. The van der Waals surface area contributed by atoms with E-state index in [9.17, 15) is 9.59 Å². The molecule has 0 saturated heterocycles. The third-order valence-corrected chi connectivity index (χ3v) is 4.30. The van der Waals surface area contributed by atoms with Crippen LogP contribution in [0.25, 0.3) is 0 Å². The second kappa shape index (κ2) is 12.5. The second-order valence-electron chi connectivity index (χ2n) is 6.51. The number of benzene rings is 1. The SMILES string of the molecule is CCCCCCCCOC(=O)CCCC(=O)Oc1cccc(C)c1C. The number of aryl methyl sites for hydroxylation is 1. The molecule has 0 spiro atoms. The zero-order valence-corrected chi connectivity index (χ0v) is 15.9. The molecule has 0 aromatic heterocycles. The van der Waals surface area contributed by atoms with Gasteiger partial charge in [0.1, 0.15) is 5.75 Å². The van der Waals surface area contributed by atoms with Crippen LogP contribution in [0, 0.1) is 13.8 Å². The molecule has 4 heteroatoms. The smallest absolute Gasteiger partial charge is 0.311 e. The molecule has 140 valence electrons. The van der Waals surface area contributed by atoms with Crippen LogP contribution in [0.2, 0.25) is 0 Å². The lowest BCUT2D eigenvalue weighted by Crippen LogP contribution is -2.11. The molecule has 0 fully saturated rings. The van der Waals surface area contributed by atoms with Crippen LogP contribution in [0.5, 0.6) is 5.75 Å². The van der Waals surface area contributed by atoms with Gasteiger partial charge < -0.3 is 9.47 Å². The van der Waals surface area contributed by atoms with Gasteiger partial charge in [-0.15, -0.1) is 0 Å². The summed E-state index contributed by atoms with van der Waals surface area (Å²) in [4.78, 5) is 23.5. The third-order valence-electron chi connectivity index (χ3n) is 4.30. The fourth-order valence-corrected chi connectivity index (χ4v) is 2.53.